The summed E-state index contributed by atoms with van der Waals surface area (Å²) in [6, 6.07) is 4.19. The summed E-state index contributed by atoms with van der Waals surface area (Å²) in [6.07, 6.45) is 4.74. The zero-order valence-corrected chi connectivity index (χ0v) is 16.4. The van der Waals surface area contributed by atoms with Crippen molar-refractivity contribution >= 4 is 29.3 Å². The largest absolute Gasteiger partial charge is 0.384 e. The van der Waals surface area contributed by atoms with E-state index in [9.17, 15) is 19.2 Å². The van der Waals surface area contributed by atoms with Crippen molar-refractivity contribution < 1.29 is 19.2 Å². The van der Waals surface area contributed by atoms with Gasteiger partial charge in [-0.05, 0) is 30.9 Å². The minimum absolute atomic E-state index is 0.116. The van der Waals surface area contributed by atoms with Crippen LogP contribution in [0.3, 0.4) is 0 Å². The summed E-state index contributed by atoms with van der Waals surface area (Å²) in [7, 11) is 0. The molecule has 2 heterocycles. The van der Waals surface area contributed by atoms with Gasteiger partial charge in [-0.3, -0.25) is 29.4 Å². The first-order valence-corrected chi connectivity index (χ1v) is 9.98. The second-order valence-electron chi connectivity index (χ2n) is 7.85. The van der Waals surface area contributed by atoms with E-state index < -0.39 is 23.8 Å². The molecule has 2 aliphatic rings. The van der Waals surface area contributed by atoms with E-state index in [-0.39, 0.29) is 18.7 Å². The van der Waals surface area contributed by atoms with Gasteiger partial charge >= 0.3 is 0 Å². The van der Waals surface area contributed by atoms with E-state index in [1.54, 1.807) is 18.2 Å². The summed E-state index contributed by atoms with van der Waals surface area (Å²) in [5.74, 6) is -1.22. The highest BCUT2D eigenvalue weighted by molar-refractivity contribution is 6.25. The maximum atomic E-state index is 13.0. The van der Waals surface area contributed by atoms with E-state index in [1.165, 1.54) is 12.8 Å². The highest BCUT2D eigenvalue weighted by Gasteiger charge is 2.45. The summed E-state index contributed by atoms with van der Waals surface area (Å²) in [5, 5.41) is 5.48. The number of hydrogen-bond acceptors (Lipinski definition) is 5. The number of imide groups is 2. The predicted molar refractivity (Wildman–Crippen MR) is 105 cm³/mol. The monoisotopic (exact) mass is 385 g/mol. The maximum absolute atomic E-state index is 13.0. The van der Waals surface area contributed by atoms with Gasteiger partial charge in [-0.1, -0.05) is 39.2 Å². The Morgan fingerprint density at radius 2 is 1.89 bits per heavy atom. The Morgan fingerprint density at radius 3 is 2.61 bits per heavy atom. The van der Waals surface area contributed by atoms with Gasteiger partial charge in [0.25, 0.3) is 11.8 Å². The standard InChI is InChI=1S/C21H27N3O4/c1-13(2)7-4-3-5-12-22-15-9-6-8-14-18(15)21(28)24(20(14)27)16-10-11-17(25)23-19(16)26/h6,8-9,13,16,22H,3-5,7,10-12H2,1-2H3,(H,23,25,26). The molecule has 0 aromatic heterocycles. The molecular weight excluding hydrogens is 358 g/mol. The van der Waals surface area contributed by atoms with Crippen LogP contribution in [0.2, 0.25) is 0 Å². The van der Waals surface area contributed by atoms with Crippen LogP contribution < -0.4 is 10.6 Å². The lowest BCUT2D eigenvalue weighted by atomic mass is 10.0. The third kappa shape index (κ3) is 4.08. The fraction of sp³-hybridized carbons (Fsp3) is 0.524. The van der Waals surface area contributed by atoms with Crippen molar-refractivity contribution in [3.63, 3.8) is 0 Å². The third-order valence-electron chi connectivity index (χ3n) is 5.24. The number of unbranched alkanes of at least 4 members (excludes halogenated alkanes) is 2. The van der Waals surface area contributed by atoms with Gasteiger partial charge in [0.1, 0.15) is 6.04 Å². The number of nitrogens with one attached hydrogen (secondary N) is 2. The van der Waals surface area contributed by atoms with Crippen LogP contribution in [0.15, 0.2) is 18.2 Å². The van der Waals surface area contributed by atoms with Gasteiger partial charge in [0.05, 0.1) is 11.1 Å². The lowest BCUT2D eigenvalue weighted by molar-refractivity contribution is -0.136. The smallest absolute Gasteiger partial charge is 0.264 e. The maximum Gasteiger partial charge on any atom is 0.264 e. The number of nitrogens with zero attached hydrogens (tertiary/aromatic N) is 1. The summed E-state index contributed by atoms with van der Waals surface area (Å²) < 4.78 is 0. The molecule has 7 heteroatoms. The molecule has 1 unspecified atom stereocenters. The molecule has 0 spiro atoms. The van der Waals surface area contributed by atoms with E-state index in [2.05, 4.69) is 24.5 Å². The van der Waals surface area contributed by atoms with Gasteiger partial charge in [-0.25, -0.2) is 0 Å². The molecule has 28 heavy (non-hydrogen) atoms. The van der Waals surface area contributed by atoms with E-state index in [4.69, 9.17) is 0 Å². The van der Waals surface area contributed by atoms with E-state index >= 15 is 0 Å². The molecule has 1 saturated heterocycles. The predicted octanol–water partition coefficient (Wildman–Crippen LogP) is 2.72. The molecule has 2 aliphatic heterocycles. The number of anilines is 1. The van der Waals surface area contributed by atoms with Crippen LogP contribution in [0.4, 0.5) is 5.69 Å². The Hall–Kier alpha value is -2.70. The van der Waals surface area contributed by atoms with Gasteiger partial charge in [0.2, 0.25) is 11.8 Å². The molecule has 1 atom stereocenters. The molecule has 0 saturated carbocycles. The van der Waals surface area contributed by atoms with Crippen molar-refractivity contribution in [1.82, 2.24) is 10.2 Å². The van der Waals surface area contributed by atoms with Crippen molar-refractivity contribution in [3.8, 4) is 0 Å². The Kier molecular flexibility index (Phi) is 6.11. The van der Waals surface area contributed by atoms with Crippen molar-refractivity contribution in [2.24, 2.45) is 5.92 Å². The lowest BCUT2D eigenvalue weighted by Gasteiger charge is -2.27. The van der Waals surface area contributed by atoms with Gasteiger partial charge < -0.3 is 5.32 Å². The normalized spacial score (nSPS) is 19.2. The van der Waals surface area contributed by atoms with E-state index in [1.807, 2.05) is 0 Å². The molecule has 0 aliphatic carbocycles. The molecule has 0 bridgehead atoms. The Labute approximate surface area is 164 Å². The summed E-state index contributed by atoms with van der Waals surface area (Å²) in [6.45, 7) is 5.14. The van der Waals surface area contributed by atoms with Crippen LogP contribution in [0.1, 0.15) is 73.1 Å². The number of piperidine rings is 1. The van der Waals surface area contributed by atoms with Gasteiger partial charge in [0.15, 0.2) is 0 Å². The first kappa shape index (κ1) is 20.0. The number of amides is 4. The number of rotatable bonds is 8. The van der Waals surface area contributed by atoms with Crippen LogP contribution >= 0.6 is 0 Å². The first-order chi connectivity index (χ1) is 13.4. The van der Waals surface area contributed by atoms with Crippen molar-refractivity contribution in [1.29, 1.82) is 0 Å². The summed E-state index contributed by atoms with van der Waals surface area (Å²) in [5.41, 5.74) is 1.24. The Morgan fingerprint density at radius 1 is 1.11 bits per heavy atom. The molecular formula is C21H27N3O4. The van der Waals surface area contributed by atoms with Crippen LogP contribution in [0, 0.1) is 5.92 Å². The Balaban J connectivity index is 1.68. The van der Waals surface area contributed by atoms with E-state index in [0.717, 1.165) is 17.7 Å². The lowest BCUT2D eigenvalue weighted by Crippen LogP contribution is -2.54. The minimum atomic E-state index is -0.936. The number of carbonyl (C=O) groups is 4. The highest BCUT2D eigenvalue weighted by Crippen LogP contribution is 2.32. The molecule has 150 valence electrons. The summed E-state index contributed by atoms with van der Waals surface area (Å²) in [4.78, 5) is 50.3. The third-order valence-corrected chi connectivity index (χ3v) is 5.24. The van der Waals surface area contributed by atoms with Crippen LogP contribution in [-0.2, 0) is 9.59 Å². The molecule has 2 N–H and O–H groups in total. The SMILES string of the molecule is CC(C)CCCCCNc1cccc2c1C(=O)N(C1CCC(=O)NC1=O)C2=O. The van der Waals surface area contributed by atoms with Crippen molar-refractivity contribution in [3.05, 3.63) is 29.3 Å². The van der Waals surface area contributed by atoms with Crippen molar-refractivity contribution in [2.45, 2.75) is 58.4 Å². The second-order valence-corrected chi connectivity index (χ2v) is 7.85. The van der Waals surface area contributed by atoms with Crippen LogP contribution in [-0.4, -0.2) is 41.1 Å². The quantitative estimate of drug-likeness (QED) is 0.530. The number of benzene rings is 1. The second kappa shape index (κ2) is 8.54. The molecule has 0 radical (unpaired) electrons. The Bertz CT molecular complexity index is 803. The number of fused-ring (bicyclic) bond motifs is 1. The molecule has 7 nitrogen and oxygen atoms in total. The molecule has 1 aromatic rings. The summed E-state index contributed by atoms with van der Waals surface area (Å²) >= 11 is 0. The minimum Gasteiger partial charge on any atom is -0.384 e. The molecule has 4 amide bonds. The fourth-order valence-electron chi connectivity index (χ4n) is 3.74. The molecule has 3 rings (SSSR count). The zero-order valence-electron chi connectivity index (χ0n) is 16.4. The molecule has 1 aromatic carbocycles. The van der Waals surface area contributed by atoms with Gasteiger partial charge in [-0.15, -0.1) is 0 Å². The van der Waals surface area contributed by atoms with Crippen LogP contribution in [0.25, 0.3) is 0 Å². The first-order valence-electron chi connectivity index (χ1n) is 9.98. The average Bonchev–Trinajstić information content (AvgIpc) is 2.90. The topological polar surface area (TPSA) is 95.6 Å². The highest BCUT2D eigenvalue weighted by atomic mass is 16.2. The number of carbonyl (C=O) groups excluding carboxylic acids is 4. The average molecular weight is 385 g/mol. The molecule has 1 fully saturated rings. The van der Waals surface area contributed by atoms with Crippen LogP contribution in [0.5, 0.6) is 0 Å². The number of hydrogen-bond donors (Lipinski definition) is 2. The zero-order chi connectivity index (χ0) is 20.3. The van der Waals surface area contributed by atoms with Gasteiger partial charge in [-0.2, -0.15) is 0 Å². The van der Waals surface area contributed by atoms with Gasteiger partial charge in [0, 0.05) is 18.7 Å². The van der Waals surface area contributed by atoms with Crippen molar-refractivity contribution in [2.75, 3.05) is 11.9 Å². The fourth-order valence-corrected chi connectivity index (χ4v) is 3.74. The van der Waals surface area contributed by atoms with E-state index in [0.29, 0.717) is 29.3 Å².